The summed E-state index contributed by atoms with van der Waals surface area (Å²) in [4.78, 5) is 21.0. The summed E-state index contributed by atoms with van der Waals surface area (Å²) in [5.74, 6) is -3.86. The molecule has 13 heteroatoms. The van der Waals surface area contributed by atoms with Crippen molar-refractivity contribution >= 4 is 22.2 Å². The smallest absolute Gasteiger partial charge is 0.410 e. The highest BCUT2D eigenvalue weighted by Gasteiger charge is 2.46. The van der Waals surface area contributed by atoms with Crippen molar-refractivity contribution in [1.29, 1.82) is 5.26 Å². The number of benzene rings is 1. The molecule has 1 saturated heterocycles. The molecule has 3 rings (SSSR count). The van der Waals surface area contributed by atoms with Gasteiger partial charge in [0.2, 0.25) is 5.95 Å². The van der Waals surface area contributed by atoms with Gasteiger partial charge in [0, 0.05) is 19.0 Å². The first-order valence-corrected chi connectivity index (χ1v) is 12.0. The highest BCUT2D eigenvalue weighted by Crippen LogP contribution is 2.33. The third-order valence-corrected chi connectivity index (χ3v) is 4.78. The van der Waals surface area contributed by atoms with Crippen LogP contribution in [0.1, 0.15) is 23.1 Å². The monoisotopic (exact) mass is 497 g/mol. The lowest BCUT2D eigenvalue weighted by Gasteiger charge is -2.37. The van der Waals surface area contributed by atoms with Gasteiger partial charge in [-0.3, -0.25) is 4.55 Å². The zero-order valence-electron chi connectivity index (χ0n) is 18.6. The summed E-state index contributed by atoms with van der Waals surface area (Å²) in [7, 11) is -3.67. The van der Waals surface area contributed by atoms with E-state index in [1.807, 2.05) is 37.3 Å². The zero-order chi connectivity index (χ0) is 25.4. The average Bonchev–Trinajstić information content (AvgIpc) is 2.76. The first-order chi connectivity index (χ1) is 15.9. The Morgan fingerprint density at radius 1 is 1.32 bits per heavy atom. The number of nitrogens with zero attached hydrogens (tertiary/aromatic N) is 4. The van der Waals surface area contributed by atoms with Crippen molar-refractivity contribution < 1.29 is 31.3 Å². The van der Waals surface area contributed by atoms with Crippen molar-refractivity contribution in [2.75, 3.05) is 31.2 Å². The second-order valence-corrected chi connectivity index (χ2v) is 9.20. The maximum Gasteiger partial charge on any atom is 0.410 e. The second kappa shape index (κ2) is 11.7. The lowest BCUT2D eigenvalue weighted by molar-refractivity contribution is -0.102. The number of nitriles is 1. The first-order valence-electron chi connectivity index (χ1n) is 10.1. The number of carbonyl (C=O) groups is 1. The summed E-state index contributed by atoms with van der Waals surface area (Å²) in [6.45, 7) is 1.45. The zero-order valence-corrected chi connectivity index (χ0v) is 19.4. The molecule has 0 bridgehead atoms. The van der Waals surface area contributed by atoms with Crippen LogP contribution in [0, 0.1) is 24.2 Å². The molecule has 0 aliphatic carbocycles. The van der Waals surface area contributed by atoms with E-state index in [1.54, 1.807) is 0 Å². The molecular weight excluding hydrogens is 472 g/mol. The molecule has 1 fully saturated rings. The average molecular weight is 498 g/mol. The molecule has 1 atom stereocenters. The number of anilines is 1. The number of nitrogens with one attached hydrogen (secondary N) is 1. The van der Waals surface area contributed by atoms with Gasteiger partial charge in [0.1, 0.15) is 12.7 Å². The van der Waals surface area contributed by atoms with Crippen LogP contribution in [-0.4, -0.2) is 65.7 Å². The van der Waals surface area contributed by atoms with Crippen LogP contribution in [0.25, 0.3) is 0 Å². The number of aryl methyl sites for hydroxylation is 1. The van der Waals surface area contributed by atoms with Crippen LogP contribution in [0.15, 0.2) is 36.7 Å². The Kier molecular flexibility index (Phi) is 9.22. The van der Waals surface area contributed by atoms with Crippen molar-refractivity contribution in [2.45, 2.75) is 25.9 Å². The topological polar surface area (TPSA) is 146 Å². The van der Waals surface area contributed by atoms with Gasteiger partial charge >= 0.3 is 6.09 Å². The predicted molar refractivity (Wildman–Crippen MR) is 119 cm³/mol. The van der Waals surface area contributed by atoms with Gasteiger partial charge in [-0.25, -0.2) is 23.5 Å². The van der Waals surface area contributed by atoms with Crippen LogP contribution in [0.5, 0.6) is 0 Å². The summed E-state index contributed by atoms with van der Waals surface area (Å²) in [5.41, 5.74) is 2.18. The number of carbonyl (C=O) groups excluding carboxylic acids is 1. The largest absolute Gasteiger partial charge is 0.445 e. The number of piperidine rings is 1. The van der Waals surface area contributed by atoms with Crippen LogP contribution < -0.4 is 5.32 Å². The van der Waals surface area contributed by atoms with Gasteiger partial charge in [-0.2, -0.15) is 13.7 Å². The molecule has 1 aromatic heterocycles. The number of likely N-dealkylation sites (tertiary alicyclic amines) is 1. The van der Waals surface area contributed by atoms with E-state index in [2.05, 4.69) is 15.3 Å². The predicted octanol–water partition coefficient (Wildman–Crippen LogP) is 2.87. The molecular formula is C21H25F2N5O5S. The van der Waals surface area contributed by atoms with E-state index in [0.29, 0.717) is 11.8 Å². The fourth-order valence-electron chi connectivity index (χ4n) is 3.00. The number of rotatable bonds is 5. The highest BCUT2D eigenvalue weighted by atomic mass is 32.2. The van der Waals surface area contributed by atoms with E-state index in [9.17, 15) is 22.0 Å². The van der Waals surface area contributed by atoms with E-state index in [4.69, 9.17) is 14.6 Å². The summed E-state index contributed by atoms with van der Waals surface area (Å²) >= 11 is 0. The van der Waals surface area contributed by atoms with Gasteiger partial charge in [-0.05, 0) is 18.9 Å². The second-order valence-electron chi connectivity index (χ2n) is 7.73. The van der Waals surface area contributed by atoms with Crippen LogP contribution in [0.4, 0.5) is 19.5 Å². The lowest BCUT2D eigenvalue weighted by Crippen LogP contribution is -2.52. The van der Waals surface area contributed by atoms with Crippen molar-refractivity contribution in [3.63, 3.8) is 0 Å². The SMILES string of the molecule is CS(=O)(=O)O.Cc1ccc(COC(=O)N2CC[C@H](CNc3ncc(C#N)cn3)C(F)(F)C2)cc1. The molecule has 0 radical (unpaired) electrons. The fourth-order valence-corrected chi connectivity index (χ4v) is 3.00. The molecule has 2 N–H and O–H groups in total. The molecule has 1 aliphatic heterocycles. The first kappa shape index (κ1) is 26.9. The highest BCUT2D eigenvalue weighted by molar-refractivity contribution is 7.85. The fraction of sp³-hybridized carbons (Fsp3) is 0.429. The normalized spacial score (nSPS) is 17.1. The minimum absolute atomic E-state index is 0.0366. The minimum atomic E-state index is -3.67. The molecule has 2 aromatic rings. The Morgan fingerprint density at radius 2 is 1.91 bits per heavy atom. The molecule has 2 heterocycles. The number of alkyl halides is 2. The molecule has 10 nitrogen and oxygen atoms in total. The van der Waals surface area contributed by atoms with Crippen molar-refractivity contribution in [2.24, 2.45) is 5.92 Å². The number of aromatic nitrogens is 2. The number of hydrogen-bond donors (Lipinski definition) is 2. The van der Waals surface area contributed by atoms with Gasteiger partial charge in [-0.15, -0.1) is 0 Å². The van der Waals surface area contributed by atoms with E-state index >= 15 is 0 Å². The Balaban J connectivity index is 0.000000739. The van der Waals surface area contributed by atoms with Crippen LogP contribution in [0.3, 0.4) is 0 Å². The molecule has 34 heavy (non-hydrogen) atoms. The van der Waals surface area contributed by atoms with Gasteiger partial charge in [0.05, 0.1) is 30.8 Å². The quantitative estimate of drug-likeness (QED) is 0.595. The Labute approximate surface area is 196 Å². The summed E-state index contributed by atoms with van der Waals surface area (Å²) in [6, 6.07) is 9.35. The van der Waals surface area contributed by atoms with E-state index in [0.717, 1.165) is 16.0 Å². The molecule has 1 aromatic carbocycles. The molecule has 0 unspecified atom stereocenters. The maximum atomic E-state index is 14.5. The molecule has 184 valence electrons. The van der Waals surface area contributed by atoms with Gasteiger partial charge in [0.25, 0.3) is 16.0 Å². The number of halogens is 2. The van der Waals surface area contributed by atoms with Crippen molar-refractivity contribution in [1.82, 2.24) is 14.9 Å². The van der Waals surface area contributed by atoms with Crippen molar-refractivity contribution in [3.05, 3.63) is 53.3 Å². The van der Waals surface area contributed by atoms with E-state index in [-0.39, 0.29) is 32.1 Å². The molecule has 1 aliphatic rings. The number of amides is 1. The van der Waals surface area contributed by atoms with Gasteiger partial charge < -0.3 is 15.0 Å². The third-order valence-electron chi connectivity index (χ3n) is 4.78. The summed E-state index contributed by atoms with van der Waals surface area (Å²) in [5, 5.41) is 11.5. The van der Waals surface area contributed by atoms with E-state index < -0.39 is 34.6 Å². The summed E-state index contributed by atoms with van der Waals surface area (Å²) in [6.07, 6.45) is 2.73. The van der Waals surface area contributed by atoms with Gasteiger partial charge in [0.15, 0.2) is 0 Å². The van der Waals surface area contributed by atoms with E-state index in [1.165, 1.54) is 12.4 Å². The number of ether oxygens (including phenoxy) is 1. The summed E-state index contributed by atoms with van der Waals surface area (Å²) < 4.78 is 60.1. The maximum absolute atomic E-state index is 14.5. The Bertz CT molecular complexity index is 1100. The Hall–Kier alpha value is -3.37. The van der Waals surface area contributed by atoms with Crippen molar-refractivity contribution in [3.8, 4) is 6.07 Å². The Morgan fingerprint density at radius 3 is 2.44 bits per heavy atom. The van der Waals surface area contributed by atoms with Gasteiger partial charge in [-0.1, -0.05) is 29.8 Å². The minimum Gasteiger partial charge on any atom is -0.445 e. The van der Waals surface area contributed by atoms with Crippen LogP contribution in [0.2, 0.25) is 0 Å². The van der Waals surface area contributed by atoms with Crippen LogP contribution in [-0.2, 0) is 21.5 Å². The molecule has 0 spiro atoms. The van der Waals surface area contributed by atoms with Crippen LogP contribution >= 0.6 is 0 Å². The molecule has 0 saturated carbocycles. The third kappa shape index (κ3) is 9.24. The lowest BCUT2D eigenvalue weighted by atomic mass is 9.93. The number of hydrogen-bond acceptors (Lipinski definition) is 8. The molecule has 1 amide bonds. The standard InChI is InChI=1S/C20H21F2N5O2.CH4O3S/c1-14-2-4-15(5-3-14)12-29-19(28)27-7-6-17(20(21,22)13-27)11-26-18-24-9-16(8-23)10-25-18;1-5(2,3)4/h2-5,9-10,17H,6-7,11-13H2,1H3,(H,24,25,26);1H3,(H,2,3,4)/t17-;/m1./s1.